The highest BCUT2D eigenvalue weighted by molar-refractivity contribution is 5.61. The van der Waals surface area contributed by atoms with Crippen molar-refractivity contribution in [1.82, 2.24) is 15.0 Å². The Morgan fingerprint density at radius 3 is 2.38 bits per heavy atom. The number of nitrogens with zero attached hydrogens (tertiary/aromatic N) is 3. The lowest BCUT2D eigenvalue weighted by Crippen LogP contribution is -2.08. The smallest absolute Gasteiger partial charge is 0.222 e. The summed E-state index contributed by atoms with van der Waals surface area (Å²) in [5, 5.41) is 11.5. The lowest BCUT2D eigenvalue weighted by Gasteiger charge is -2.03. The molecule has 0 aliphatic heterocycles. The summed E-state index contributed by atoms with van der Waals surface area (Å²) < 4.78 is 0. The summed E-state index contributed by atoms with van der Waals surface area (Å²) in [6.07, 6.45) is 6.94. The van der Waals surface area contributed by atoms with Crippen LogP contribution in [0.25, 0.3) is 11.1 Å². The monoisotopic (exact) mass is 216 g/mol. The number of hydrogen-bond acceptors (Lipinski definition) is 5. The summed E-state index contributed by atoms with van der Waals surface area (Å²) in [4.78, 5) is 12.2. The first-order valence-corrected chi connectivity index (χ1v) is 4.97. The van der Waals surface area contributed by atoms with E-state index in [1.165, 1.54) is 0 Å². The number of aromatic nitrogens is 3. The summed E-state index contributed by atoms with van der Waals surface area (Å²) in [7, 11) is 0. The standard InChI is InChI=1S/C11H12N4O/c16-6-5-13-11-14-7-10(8-15-11)9-1-3-12-4-2-9/h1-4,7-8,16H,5-6H2,(H,13,14,15). The van der Waals surface area contributed by atoms with Gasteiger partial charge < -0.3 is 10.4 Å². The Morgan fingerprint density at radius 2 is 1.75 bits per heavy atom. The van der Waals surface area contributed by atoms with Gasteiger partial charge in [-0.05, 0) is 17.7 Å². The fourth-order valence-corrected chi connectivity index (χ4v) is 1.28. The average Bonchev–Trinajstić information content (AvgIpc) is 2.38. The minimum Gasteiger partial charge on any atom is -0.395 e. The van der Waals surface area contributed by atoms with E-state index in [-0.39, 0.29) is 6.61 Å². The molecule has 0 fully saturated rings. The Balaban J connectivity index is 2.13. The van der Waals surface area contributed by atoms with Crippen LogP contribution in [0, 0.1) is 0 Å². The molecular formula is C11H12N4O. The van der Waals surface area contributed by atoms with Crippen LogP contribution >= 0.6 is 0 Å². The van der Waals surface area contributed by atoms with Crippen molar-refractivity contribution in [1.29, 1.82) is 0 Å². The third-order valence-electron chi connectivity index (χ3n) is 2.06. The number of anilines is 1. The molecule has 2 aromatic rings. The number of rotatable bonds is 4. The Morgan fingerprint density at radius 1 is 1.06 bits per heavy atom. The topological polar surface area (TPSA) is 70.9 Å². The highest BCUT2D eigenvalue weighted by Gasteiger charge is 1.99. The molecule has 5 nitrogen and oxygen atoms in total. The summed E-state index contributed by atoms with van der Waals surface area (Å²) >= 11 is 0. The quantitative estimate of drug-likeness (QED) is 0.796. The lowest BCUT2D eigenvalue weighted by molar-refractivity contribution is 0.311. The van der Waals surface area contributed by atoms with Gasteiger partial charge in [0.15, 0.2) is 0 Å². The molecule has 0 aliphatic carbocycles. The Hall–Kier alpha value is -2.01. The highest BCUT2D eigenvalue weighted by atomic mass is 16.3. The molecule has 0 saturated heterocycles. The van der Waals surface area contributed by atoms with Crippen molar-refractivity contribution in [3.63, 3.8) is 0 Å². The van der Waals surface area contributed by atoms with Crippen molar-refractivity contribution in [2.75, 3.05) is 18.5 Å². The molecule has 0 saturated carbocycles. The Labute approximate surface area is 93.2 Å². The molecule has 2 N–H and O–H groups in total. The molecule has 2 heterocycles. The minimum atomic E-state index is 0.0649. The second-order valence-corrected chi connectivity index (χ2v) is 3.18. The van der Waals surface area contributed by atoms with Gasteiger partial charge in [-0.1, -0.05) is 0 Å². The first-order valence-electron chi connectivity index (χ1n) is 4.97. The van der Waals surface area contributed by atoms with Crippen molar-refractivity contribution < 1.29 is 5.11 Å². The summed E-state index contributed by atoms with van der Waals surface area (Å²) in [6, 6.07) is 3.80. The number of aliphatic hydroxyl groups is 1. The Kier molecular flexibility index (Phi) is 3.40. The van der Waals surface area contributed by atoms with Gasteiger partial charge in [0, 0.05) is 36.9 Å². The predicted molar refractivity (Wildman–Crippen MR) is 60.8 cm³/mol. The summed E-state index contributed by atoms with van der Waals surface area (Å²) in [6.45, 7) is 0.518. The van der Waals surface area contributed by atoms with Gasteiger partial charge in [-0.25, -0.2) is 9.97 Å². The van der Waals surface area contributed by atoms with Crippen LogP contribution in [0.4, 0.5) is 5.95 Å². The van der Waals surface area contributed by atoms with Crippen molar-refractivity contribution in [3.8, 4) is 11.1 Å². The Bertz CT molecular complexity index is 429. The normalized spacial score (nSPS) is 10.1. The van der Waals surface area contributed by atoms with Gasteiger partial charge in [-0.15, -0.1) is 0 Å². The second kappa shape index (κ2) is 5.18. The van der Waals surface area contributed by atoms with E-state index in [0.717, 1.165) is 11.1 Å². The molecule has 2 aromatic heterocycles. The van der Waals surface area contributed by atoms with E-state index in [0.29, 0.717) is 12.5 Å². The number of aliphatic hydroxyl groups excluding tert-OH is 1. The second-order valence-electron chi connectivity index (χ2n) is 3.18. The van der Waals surface area contributed by atoms with E-state index in [9.17, 15) is 0 Å². The predicted octanol–water partition coefficient (Wildman–Crippen LogP) is 0.943. The highest BCUT2D eigenvalue weighted by Crippen LogP contribution is 2.16. The van der Waals surface area contributed by atoms with E-state index in [1.54, 1.807) is 24.8 Å². The molecule has 0 bridgehead atoms. The summed E-state index contributed by atoms with van der Waals surface area (Å²) in [5.74, 6) is 0.520. The van der Waals surface area contributed by atoms with Gasteiger partial charge in [0.25, 0.3) is 0 Å². The molecule has 82 valence electrons. The molecule has 0 unspecified atom stereocenters. The lowest BCUT2D eigenvalue weighted by atomic mass is 10.1. The zero-order valence-electron chi connectivity index (χ0n) is 8.67. The number of pyridine rings is 1. The van der Waals surface area contributed by atoms with Crippen molar-refractivity contribution in [2.45, 2.75) is 0 Å². The van der Waals surface area contributed by atoms with Crippen LogP contribution in [0.15, 0.2) is 36.9 Å². The number of hydrogen-bond donors (Lipinski definition) is 2. The molecule has 0 aliphatic rings. The molecular weight excluding hydrogens is 204 g/mol. The van der Waals surface area contributed by atoms with E-state index in [4.69, 9.17) is 5.11 Å². The van der Waals surface area contributed by atoms with Gasteiger partial charge in [-0.3, -0.25) is 4.98 Å². The van der Waals surface area contributed by atoms with Gasteiger partial charge in [0.1, 0.15) is 0 Å². The van der Waals surface area contributed by atoms with Crippen LogP contribution in [0.2, 0.25) is 0 Å². The van der Waals surface area contributed by atoms with Crippen molar-refractivity contribution >= 4 is 5.95 Å². The molecule has 0 atom stereocenters. The fourth-order valence-electron chi connectivity index (χ4n) is 1.28. The zero-order chi connectivity index (χ0) is 11.2. The van der Waals surface area contributed by atoms with Crippen molar-refractivity contribution in [3.05, 3.63) is 36.9 Å². The van der Waals surface area contributed by atoms with Crippen LogP contribution in [0.5, 0.6) is 0 Å². The van der Waals surface area contributed by atoms with Crippen molar-refractivity contribution in [2.24, 2.45) is 0 Å². The van der Waals surface area contributed by atoms with E-state index < -0.39 is 0 Å². The average molecular weight is 216 g/mol. The SMILES string of the molecule is OCCNc1ncc(-c2ccncc2)cn1. The molecule has 2 rings (SSSR count). The third kappa shape index (κ3) is 2.52. The van der Waals surface area contributed by atoms with Gasteiger partial charge in [0.2, 0.25) is 5.95 Å². The maximum atomic E-state index is 8.64. The molecule has 0 aromatic carbocycles. The van der Waals surface area contributed by atoms with E-state index >= 15 is 0 Å². The van der Waals surface area contributed by atoms with Crippen LogP contribution in [-0.4, -0.2) is 33.2 Å². The largest absolute Gasteiger partial charge is 0.395 e. The minimum absolute atomic E-state index is 0.0649. The maximum absolute atomic E-state index is 8.64. The molecule has 0 radical (unpaired) electrons. The van der Waals surface area contributed by atoms with Crippen LogP contribution < -0.4 is 5.32 Å². The third-order valence-corrected chi connectivity index (χ3v) is 2.06. The molecule has 16 heavy (non-hydrogen) atoms. The fraction of sp³-hybridized carbons (Fsp3) is 0.182. The van der Waals surface area contributed by atoms with Gasteiger partial charge >= 0.3 is 0 Å². The van der Waals surface area contributed by atoms with E-state index in [1.807, 2.05) is 12.1 Å². The first-order chi connectivity index (χ1) is 7.90. The molecule has 5 heteroatoms. The summed E-state index contributed by atoms with van der Waals surface area (Å²) in [5.41, 5.74) is 1.97. The molecule has 0 spiro atoms. The van der Waals surface area contributed by atoms with Crippen LogP contribution in [0.3, 0.4) is 0 Å². The molecule has 0 amide bonds. The maximum Gasteiger partial charge on any atom is 0.222 e. The van der Waals surface area contributed by atoms with Crippen LogP contribution in [0.1, 0.15) is 0 Å². The zero-order valence-corrected chi connectivity index (χ0v) is 8.67. The van der Waals surface area contributed by atoms with Gasteiger partial charge in [0.05, 0.1) is 6.61 Å². The number of nitrogens with one attached hydrogen (secondary N) is 1. The first kappa shape index (κ1) is 10.5. The van der Waals surface area contributed by atoms with Crippen LogP contribution in [-0.2, 0) is 0 Å². The van der Waals surface area contributed by atoms with Gasteiger partial charge in [-0.2, -0.15) is 0 Å². The van der Waals surface area contributed by atoms with E-state index in [2.05, 4.69) is 20.3 Å².